The summed E-state index contributed by atoms with van der Waals surface area (Å²) in [6.45, 7) is 6.09. The van der Waals surface area contributed by atoms with Gasteiger partial charge < -0.3 is 14.4 Å². The van der Waals surface area contributed by atoms with Crippen LogP contribution in [0.2, 0.25) is 0 Å². The normalized spacial score (nSPS) is 19.0. The van der Waals surface area contributed by atoms with Crippen LogP contribution < -0.4 is 4.74 Å². The van der Waals surface area contributed by atoms with E-state index in [9.17, 15) is 4.79 Å². The quantitative estimate of drug-likeness (QED) is 0.410. The van der Waals surface area contributed by atoms with Gasteiger partial charge in [0.15, 0.2) is 11.5 Å². The second-order valence-corrected chi connectivity index (χ2v) is 9.69. The Morgan fingerprint density at radius 2 is 1.86 bits per heavy atom. The van der Waals surface area contributed by atoms with Crippen molar-refractivity contribution in [3.63, 3.8) is 0 Å². The fraction of sp³-hybridized carbons (Fsp3) is 0.385. The predicted molar refractivity (Wildman–Crippen MR) is 130 cm³/mol. The smallest absolute Gasteiger partial charge is 0.410 e. The molecule has 0 aliphatic carbocycles. The van der Waals surface area contributed by atoms with Gasteiger partial charge in [-0.15, -0.1) is 10.2 Å². The molecule has 182 valence electrons. The van der Waals surface area contributed by atoms with E-state index in [1.165, 1.54) is 0 Å². The number of halogens is 1. The van der Waals surface area contributed by atoms with Crippen LogP contribution in [0.1, 0.15) is 33.6 Å². The first-order valence-corrected chi connectivity index (χ1v) is 11.8. The van der Waals surface area contributed by atoms with E-state index in [0.29, 0.717) is 35.8 Å². The van der Waals surface area contributed by atoms with Crippen LogP contribution in [0.4, 0.5) is 9.18 Å². The van der Waals surface area contributed by atoms with Crippen molar-refractivity contribution < 1.29 is 18.7 Å². The van der Waals surface area contributed by atoms with Crippen LogP contribution in [-0.4, -0.2) is 61.5 Å². The third-order valence-corrected chi connectivity index (χ3v) is 5.92. The van der Waals surface area contributed by atoms with E-state index in [1.807, 2.05) is 73.8 Å². The summed E-state index contributed by atoms with van der Waals surface area (Å²) in [5, 5.41) is 9.37. The molecule has 0 saturated carbocycles. The number of carbonyl (C=O) groups is 1. The van der Waals surface area contributed by atoms with Crippen molar-refractivity contribution in [2.75, 3.05) is 13.1 Å². The van der Waals surface area contributed by atoms with Crippen molar-refractivity contribution in [3.05, 3.63) is 54.7 Å². The molecule has 9 heteroatoms. The molecule has 1 aromatic carbocycles. The van der Waals surface area contributed by atoms with E-state index < -0.39 is 24.0 Å². The van der Waals surface area contributed by atoms with Gasteiger partial charge in [-0.2, -0.15) is 0 Å². The minimum absolute atomic E-state index is 0.180. The van der Waals surface area contributed by atoms with E-state index in [2.05, 4.69) is 10.2 Å². The van der Waals surface area contributed by atoms with Gasteiger partial charge in [0.2, 0.25) is 0 Å². The number of aromatic nitrogens is 4. The van der Waals surface area contributed by atoms with Crippen molar-refractivity contribution in [2.45, 2.75) is 51.5 Å². The van der Waals surface area contributed by atoms with Crippen LogP contribution in [-0.2, 0) is 4.74 Å². The van der Waals surface area contributed by atoms with Crippen molar-refractivity contribution in [2.24, 2.45) is 0 Å². The fourth-order valence-electron chi connectivity index (χ4n) is 4.20. The molecular weight excluding hydrogens is 449 g/mol. The average molecular weight is 478 g/mol. The minimum atomic E-state index is -1.22. The molecule has 8 nitrogen and oxygen atoms in total. The molecule has 4 aromatic rings. The zero-order valence-electron chi connectivity index (χ0n) is 20.0. The Kier molecular flexibility index (Phi) is 6.00. The molecule has 0 N–H and O–H groups in total. The number of hydrogen-bond acceptors (Lipinski definition) is 6. The lowest BCUT2D eigenvalue weighted by atomic mass is 10.1. The molecule has 2 atom stereocenters. The van der Waals surface area contributed by atoms with Gasteiger partial charge in [-0.05, 0) is 51.5 Å². The van der Waals surface area contributed by atoms with Gasteiger partial charge in [-0.25, -0.2) is 14.2 Å². The van der Waals surface area contributed by atoms with Crippen LogP contribution in [0.15, 0.2) is 54.7 Å². The van der Waals surface area contributed by atoms with E-state index in [1.54, 1.807) is 11.0 Å². The van der Waals surface area contributed by atoms with E-state index in [0.717, 1.165) is 11.0 Å². The van der Waals surface area contributed by atoms with Crippen molar-refractivity contribution in [3.8, 4) is 17.3 Å². The van der Waals surface area contributed by atoms with Crippen LogP contribution in [0.5, 0.6) is 5.75 Å². The van der Waals surface area contributed by atoms with Gasteiger partial charge in [0, 0.05) is 31.1 Å². The number of alkyl halides is 1. The first kappa shape index (κ1) is 23.0. The molecule has 1 fully saturated rings. The number of pyridine rings is 2. The van der Waals surface area contributed by atoms with Crippen molar-refractivity contribution >= 4 is 22.6 Å². The number of amides is 1. The lowest BCUT2D eigenvalue weighted by molar-refractivity contribution is 0.0252. The fourth-order valence-corrected chi connectivity index (χ4v) is 4.20. The summed E-state index contributed by atoms with van der Waals surface area (Å²) in [5.41, 5.74) is 1.39. The third-order valence-electron chi connectivity index (χ3n) is 5.92. The Hall–Kier alpha value is -3.75. The van der Waals surface area contributed by atoms with Crippen LogP contribution in [0.25, 0.3) is 28.1 Å². The minimum Gasteiger partial charge on any atom is -0.485 e. The number of rotatable bonds is 3. The summed E-state index contributed by atoms with van der Waals surface area (Å²) in [7, 11) is 0. The summed E-state index contributed by atoms with van der Waals surface area (Å²) < 4.78 is 28.6. The summed E-state index contributed by atoms with van der Waals surface area (Å²) in [6, 6.07) is 15.1. The van der Waals surface area contributed by atoms with Gasteiger partial charge in [0.1, 0.15) is 34.8 Å². The molecule has 5 rings (SSSR count). The molecule has 0 radical (unpaired) electrons. The molecular formula is C26H28FN5O3. The topological polar surface area (TPSA) is 81.8 Å². The highest BCUT2D eigenvalue weighted by molar-refractivity contribution is 5.86. The second-order valence-electron chi connectivity index (χ2n) is 9.69. The zero-order chi connectivity index (χ0) is 24.6. The third kappa shape index (κ3) is 4.89. The van der Waals surface area contributed by atoms with Crippen LogP contribution in [0, 0.1) is 0 Å². The monoisotopic (exact) mass is 477 g/mol. The lowest BCUT2D eigenvalue weighted by Gasteiger charge is -2.26. The zero-order valence-corrected chi connectivity index (χ0v) is 20.0. The van der Waals surface area contributed by atoms with E-state index in [-0.39, 0.29) is 13.0 Å². The number of hydrogen-bond donors (Lipinski definition) is 0. The molecule has 0 spiro atoms. The summed E-state index contributed by atoms with van der Waals surface area (Å²) >= 11 is 0. The standard InChI is InChI=1S/C26H28FN5O3/c1-26(2,3)35-25(33)31-15-12-18(27)20(13-16-31)34-21-8-6-7-17-10-11-19(28-23(17)21)24-30-29-22-9-4-5-14-32(22)24/h4-11,14,18,20H,12-13,15-16H2,1-3H3/t18-,20-/m0/s1. The molecule has 0 bridgehead atoms. The molecule has 1 aliphatic heterocycles. The van der Waals surface area contributed by atoms with E-state index in [4.69, 9.17) is 14.5 Å². The molecule has 4 heterocycles. The summed E-state index contributed by atoms with van der Waals surface area (Å²) in [6.07, 6.45) is 0.0648. The highest BCUT2D eigenvalue weighted by Gasteiger charge is 2.32. The van der Waals surface area contributed by atoms with Gasteiger partial charge >= 0.3 is 6.09 Å². The average Bonchev–Trinajstić information content (AvgIpc) is 3.17. The molecule has 1 aliphatic rings. The SMILES string of the molecule is CC(C)(C)OC(=O)N1CC[C@H](Oc2cccc3ccc(-c4nnc5ccccn45)nc23)[C@@H](F)CC1. The maximum atomic E-state index is 15.1. The van der Waals surface area contributed by atoms with Gasteiger partial charge in [0.05, 0.1) is 0 Å². The number of ether oxygens (including phenoxy) is 2. The Labute approximate surface area is 202 Å². The highest BCUT2D eigenvalue weighted by atomic mass is 19.1. The van der Waals surface area contributed by atoms with Crippen LogP contribution in [0.3, 0.4) is 0 Å². The Morgan fingerprint density at radius 1 is 1.03 bits per heavy atom. The molecule has 1 amide bonds. The summed E-state index contributed by atoms with van der Waals surface area (Å²) in [5.74, 6) is 1.11. The Morgan fingerprint density at radius 3 is 2.69 bits per heavy atom. The number of para-hydroxylation sites is 1. The van der Waals surface area contributed by atoms with Crippen LogP contribution >= 0.6 is 0 Å². The lowest BCUT2D eigenvalue weighted by Crippen LogP contribution is -2.37. The maximum absolute atomic E-state index is 15.1. The summed E-state index contributed by atoms with van der Waals surface area (Å²) in [4.78, 5) is 18.8. The highest BCUT2D eigenvalue weighted by Crippen LogP contribution is 2.30. The molecule has 35 heavy (non-hydrogen) atoms. The Balaban J connectivity index is 1.40. The number of carbonyl (C=O) groups excluding carboxylic acids is 1. The second kappa shape index (κ2) is 9.13. The van der Waals surface area contributed by atoms with Crippen molar-refractivity contribution in [1.82, 2.24) is 24.5 Å². The van der Waals surface area contributed by atoms with Gasteiger partial charge in [0.25, 0.3) is 0 Å². The van der Waals surface area contributed by atoms with E-state index >= 15 is 4.39 Å². The number of likely N-dealkylation sites (tertiary alicyclic amines) is 1. The molecule has 0 unspecified atom stereocenters. The molecule has 3 aromatic heterocycles. The maximum Gasteiger partial charge on any atom is 0.410 e. The number of benzene rings is 1. The van der Waals surface area contributed by atoms with Gasteiger partial charge in [-0.3, -0.25) is 4.40 Å². The Bertz CT molecular complexity index is 1370. The predicted octanol–water partition coefficient (Wildman–Crippen LogP) is 5.06. The van der Waals surface area contributed by atoms with Gasteiger partial charge in [-0.1, -0.05) is 24.3 Å². The first-order valence-electron chi connectivity index (χ1n) is 11.8. The number of fused-ring (bicyclic) bond motifs is 2. The van der Waals surface area contributed by atoms with Crippen molar-refractivity contribution in [1.29, 1.82) is 0 Å². The largest absolute Gasteiger partial charge is 0.485 e. The first-order chi connectivity index (χ1) is 16.8. The number of nitrogens with zero attached hydrogens (tertiary/aromatic N) is 5. The molecule has 1 saturated heterocycles.